The number of aryl methyl sites for hydroxylation is 1. The molecule has 1 aliphatic rings. The zero-order chi connectivity index (χ0) is 20.4. The van der Waals surface area contributed by atoms with Gasteiger partial charge in [0.25, 0.3) is 0 Å². The molecule has 3 amide bonds. The molecule has 1 heterocycles. The van der Waals surface area contributed by atoms with E-state index in [4.69, 9.17) is 4.74 Å². The molecule has 2 N–H and O–H groups in total. The number of halogens is 3. The molecule has 0 unspecified atom stereocenters. The third-order valence-corrected chi connectivity index (χ3v) is 4.91. The zero-order valence-corrected chi connectivity index (χ0v) is 17.9. The van der Waals surface area contributed by atoms with Crippen molar-refractivity contribution in [1.29, 1.82) is 0 Å². The van der Waals surface area contributed by atoms with Crippen molar-refractivity contribution in [3.05, 3.63) is 26.8 Å². The minimum Gasteiger partial charge on any atom is -0.444 e. The van der Waals surface area contributed by atoms with Gasteiger partial charge in [-0.3, -0.25) is 0 Å². The van der Waals surface area contributed by atoms with Crippen molar-refractivity contribution in [3.63, 3.8) is 0 Å². The molecule has 0 aliphatic carbocycles. The van der Waals surface area contributed by atoms with Gasteiger partial charge in [-0.05, 0) is 74.8 Å². The lowest BCUT2D eigenvalue weighted by atomic mass is 10.1. The highest BCUT2D eigenvalue weighted by Crippen LogP contribution is 2.27. The Balaban J connectivity index is 1.88. The second kappa shape index (κ2) is 8.57. The number of anilines is 1. The second-order valence-electron chi connectivity index (χ2n) is 7.52. The number of ether oxygens (including phenoxy) is 1. The van der Waals surface area contributed by atoms with Gasteiger partial charge in [0.05, 0.1) is 5.69 Å². The van der Waals surface area contributed by atoms with E-state index >= 15 is 0 Å². The Morgan fingerprint density at radius 2 is 1.81 bits per heavy atom. The molecule has 27 heavy (non-hydrogen) atoms. The Bertz CT molecular complexity index is 730. The first-order valence-corrected chi connectivity index (χ1v) is 9.75. The summed E-state index contributed by atoms with van der Waals surface area (Å²) < 4.78 is 33.5. The van der Waals surface area contributed by atoms with E-state index < -0.39 is 23.3 Å². The van der Waals surface area contributed by atoms with Crippen LogP contribution >= 0.6 is 22.6 Å². The summed E-state index contributed by atoms with van der Waals surface area (Å²) in [5.74, 6) is -2.05. The number of rotatable bonds is 2. The predicted molar refractivity (Wildman–Crippen MR) is 107 cm³/mol. The topological polar surface area (TPSA) is 70.7 Å². The third-order valence-electron chi connectivity index (χ3n) is 4.06. The first-order valence-electron chi connectivity index (χ1n) is 8.67. The minimum absolute atomic E-state index is 0.167. The van der Waals surface area contributed by atoms with Gasteiger partial charge >= 0.3 is 12.1 Å². The maximum Gasteiger partial charge on any atom is 0.410 e. The molecule has 0 spiro atoms. The molecule has 6 nitrogen and oxygen atoms in total. The summed E-state index contributed by atoms with van der Waals surface area (Å²) in [6.07, 6.45) is 0.723. The van der Waals surface area contributed by atoms with Crippen molar-refractivity contribution < 1.29 is 23.1 Å². The highest BCUT2D eigenvalue weighted by atomic mass is 127. The summed E-state index contributed by atoms with van der Waals surface area (Å²) in [7, 11) is 0. The number of hydrogen-bond acceptors (Lipinski definition) is 3. The average molecular weight is 495 g/mol. The van der Waals surface area contributed by atoms with Crippen molar-refractivity contribution in [2.45, 2.75) is 52.2 Å². The van der Waals surface area contributed by atoms with Gasteiger partial charge in [0.2, 0.25) is 0 Å². The number of amides is 3. The van der Waals surface area contributed by atoms with Crippen molar-refractivity contribution in [3.8, 4) is 0 Å². The number of carbonyl (C=O) groups excluding carboxylic acids is 2. The van der Waals surface area contributed by atoms with Crippen LogP contribution in [0.3, 0.4) is 0 Å². The van der Waals surface area contributed by atoms with Crippen molar-refractivity contribution in [1.82, 2.24) is 10.2 Å². The van der Waals surface area contributed by atoms with Gasteiger partial charge in [-0.2, -0.15) is 0 Å². The molecule has 9 heteroatoms. The van der Waals surface area contributed by atoms with E-state index in [2.05, 4.69) is 10.6 Å². The van der Waals surface area contributed by atoms with Crippen LogP contribution in [-0.2, 0) is 4.74 Å². The number of nitrogens with one attached hydrogen (secondary N) is 2. The normalized spacial score (nSPS) is 15.4. The van der Waals surface area contributed by atoms with Gasteiger partial charge in [0.1, 0.15) is 5.60 Å². The van der Waals surface area contributed by atoms with E-state index in [1.807, 2.05) is 22.6 Å². The molecule has 1 fully saturated rings. The van der Waals surface area contributed by atoms with E-state index in [0.29, 0.717) is 29.5 Å². The van der Waals surface area contributed by atoms with Crippen LogP contribution in [0.25, 0.3) is 0 Å². The van der Waals surface area contributed by atoms with Crippen LogP contribution < -0.4 is 10.6 Å². The van der Waals surface area contributed by atoms with Crippen molar-refractivity contribution >= 4 is 40.4 Å². The standard InChI is InChI=1S/C18H24F2IN3O3/c1-10-9-12(21)15(14(20)13(10)19)23-16(25)22-11-5-7-24(8-6-11)17(26)27-18(2,3)4/h9,11H,5-8H2,1-4H3,(H2,22,23,25). The molecule has 2 rings (SSSR count). The van der Waals surface area contributed by atoms with E-state index in [0.717, 1.165) is 0 Å². The Hall–Kier alpha value is -1.65. The van der Waals surface area contributed by atoms with Gasteiger partial charge in [0, 0.05) is 22.7 Å². The lowest BCUT2D eigenvalue weighted by Gasteiger charge is -2.33. The number of nitrogens with zero attached hydrogens (tertiary/aromatic N) is 1. The highest BCUT2D eigenvalue weighted by Gasteiger charge is 2.28. The number of likely N-dealkylation sites (tertiary alicyclic amines) is 1. The molecule has 1 saturated heterocycles. The summed E-state index contributed by atoms with van der Waals surface area (Å²) >= 11 is 1.85. The van der Waals surface area contributed by atoms with Crippen LogP contribution in [0.1, 0.15) is 39.2 Å². The Morgan fingerprint density at radius 3 is 2.37 bits per heavy atom. The molecule has 150 valence electrons. The zero-order valence-electron chi connectivity index (χ0n) is 15.8. The molecular formula is C18H24F2IN3O3. The first kappa shape index (κ1) is 21.6. The van der Waals surface area contributed by atoms with Crippen LogP contribution in [0.5, 0.6) is 0 Å². The van der Waals surface area contributed by atoms with Crippen LogP contribution in [0, 0.1) is 22.1 Å². The molecule has 1 aliphatic heterocycles. The largest absolute Gasteiger partial charge is 0.444 e. The first-order chi connectivity index (χ1) is 12.5. The predicted octanol–water partition coefficient (Wildman–Crippen LogP) is 4.40. The lowest BCUT2D eigenvalue weighted by molar-refractivity contribution is 0.0202. The number of urea groups is 1. The van der Waals surface area contributed by atoms with Crippen LogP contribution in [-0.4, -0.2) is 41.8 Å². The Labute approximate surface area is 171 Å². The summed E-state index contributed by atoms with van der Waals surface area (Å²) in [6.45, 7) is 7.77. The number of piperidine rings is 1. The molecular weight excluding hydrogens is 471 g/mol. The summed E-state index contributed by atoms with van der Waals surface area (Å²) in [6, 6.07) is 0.693. The molecule has 0 aromatic heterocycles. The summed E-state index contributed by atoms with van der Waals surface area (Å²) in [5.41, 5.74) is -0.559. The van der Waals surface area contributed by atoms with Gasteiger partial charge in [-0.15, -0.1) is 0 Å². The lowest BCUT2D eigenvalue weighted by Crippen LogP contribution is -2.48. The van der Waals surface area contributed by atoms with E-state index in [1.165, 1.54) is 13.0 Å². The molecule has 0 radical (unpaired) electrons. The monoisotopic (exact) mass is 495 g/mol. The summed E-state index contributed by atoms with van der Waals surface area (Å²) in [4.78, 5) is 25.8. The fourth-order valence-electron chi connectivity index (χ4n) is 2.70. The second-order valence-corrected chi connectivity index (χ2v) is 8.68. The summed E-state index contributed by atoms with van der Waals surface area (Å²) in [5, 5.41) is 5.12. The van der Waals surface area contributed by atoms with Crippen molar-refractivity contribution in [2.75, 3.05) is 18.4 Å². The van der Waals surface area contributed by atoms with Crippen LogP contribution in [0.4, 0.5) is 24.1 Å². The van der Waals surface area contributed by atoms with Gasteiger partial charge in [-0.25, -0.2) is 18.4 Å². The molecule has 0 saturated carbocycles. The number of hydrogen-bond donors (Lipinski definition) is 2. The molecule has 0 atom stereocenters. The van der Waals surface area contributed by atoms with Gasteiger partial charge in [-0.1, -0.05) is 0 Å². The number of benzene rings is 1. The third kappa shape index (κ3) is 5.91. The van der Waals surface area contributed by atoms with E-state index in [-0.39, 0.29) is 23.4 Å². The quantitative estimate of drug-likeness (QED) is 0.472. The smallest absolute Gasteiger partial charge is 0.410 e. The van der Waals surface area contributed by atoms with Gasteiger partial charge in [0.15, 0.2) is 11.6 Å². The Morgan fingerprint density at radius 1 is 1.22 bits per heavy atom. The SMILES string of the molecule is Cc1cc(I)c(NC(=O)NC2CCN(C(=O)OC(C)(C)C)CC2)c(F)c1F. The van der Waals surface area contributed by atoms with Crippen molar-refractivity contribution in [2.24, 2.45) is 0 Å². The maximum atomic E-state index is 14.1. The maximum absolute atomic E-state index is 14.1. The molecule has 0 bridgehead atoms. The fourth-order valence-corrected chi connectivity index (χ4v) is 3.53. The Kier molecular flexibility index (Phi) is 6.87. The molecule has 1 aromatic carbocycles. The average Bonchev–Trinajstić information content (AvgIpc) is 2.56. The minimum atomic E-state index is -1.07. The molecule has 1 aromatic rings. The van der Waals surface area contributed by atoms with Crippen LogP contribution in [0.15, 0.2) is 6.07 Å². The fraction of sp³-hybridized carbons (Fsp3) is 0.556. The van der Waals surface area contributed by atoms with E-state index in [1.54, 1.807) is 25.7 Å². The van der Waals surface area contributed by atoms with Crippen LogP contribution in [0.2, 0.25) is 0 Å². The number of carbonyl (C=O) groups is 2. The van der Waals surface area contributed by atoms with E-state index in [9.17, 15) is 18.4 Å². The highest BCUT2D eigenvalue weighted by molar-refractivity contribution is 14.1. The van der Waals surface area contributed by atoms with Gasteiger partial charge < -0.3 is 20.3 Å².